The van der Waals surface area contributed by atoms with E-state index in [1.54, 1.807) is 14.2 Å². The third-order valence-electron chi connectivity index (χ3n) is 4.65. The average Bonchev–Trinajstić information content (AvgIpc) is 2.72. The molecule has 7 heteroatoms. The Morgan fingerprint density at radius 3 is 2.68 bits per heavy atom. The number of methoxy groups -OCH3 is 2. The second kappa shape index (κ2) is 12.6. The minimum atomic E-state index is -0.599. The number of terminal acetylenes is 1. The molecule has 7 nitrogen and oxygen atoms in total. The van der Waals surface area contributed by atoms with Crippen LogP contribution in [0.2, 0.25) is 0 Å². The van der Waals surface area contributed by atoms with Crippen LogP contribution >= 0.6 is 0 Å². The van der Waals surface area contributed by atoms with E-state index in [1.165, 1.54) is 0 Å². The van der Waals surface area contributed by atoms with Crippen molar-refractivity contribution in [1.29, 1.82) is 0 Å². The van der Waals surface area contributed by atoms with Crippen LogP contribution in [0.1, 0.15) is 5.56 Å². The first-order chi connectivity index (χ1) is 13.7. The van der Waals surface area contributed by atoms with Crippen molar-refractivity contribution < 1.29 is 24.1 Å². The fraction of sp³-hybridized carbons (Fsp3) is 0.619. The van der Waals surface area contributed by atoms with Crippen molar-refractivity contribution in [2.75, 3.05) is 73.4 Å². The first kappa shape index (κ1) is 22.5. The molecule has 1 aliphatic heterocycles. The standard InChI is InChI=1S/C21H32N2O5/c1-4-11-28-17-19(24)16-23(8-7-22-9-12-27-13-10-22)15-18-5-6-20(25-2)21(14-18)26-3/h1,5-6,14,19,24H,7-13,15-17H2,2-3H3. The van der Waals surface area contributed by atoms with E-state index in [-0.39, 0.29) is 13.2 Å². The first-order valence-corrected chi connectivity index (χ1v) is 9.59. The van der Waals surface area contributed by atoms with E-state index < -0.39 is 6.10 Å². The molecule has 1 fully saturated rings. The Balaban J connectivity index is 1.98. The van der Waals surface area contributed by atoms with Gasteiger partial charge in [0.2, 0.25) is 0 Å². The minimum absolute atomic E-state index is 0.209. The number of hydrogen-bond acceptors (Lipinski definition) is 7. The van der Waals surface area contributed by atoms with Gasteiger partial charge in [-0.1, -0.05) is 12.0 Å². The van der Waals surface area contributed by atoms with Crippen LogP contribution < -0.4 is 9.47 Å². The van der Waals surface area contributed by atoms with Gasteiger partial charge in [-0.05, 0) is 17.7 Å². The largest absolute Gasteiger partial charge is 0.493 e. The van der Waals surface area contributed by atoms with Gasteiger partial charge in [0.25, 0.3) is 0 Å². The van der Waals surface area contributed by atoms with Crippen LogP contribution in [0, 0.1) is 12.3 Å². The van der Waals surface area contributed by atoms with Crippen LogP contribution in [0.25, 0.3) is 0 Å². The van der Waals surface area contributed by atoms with Crippen molar-refractivity contribution >= 4 is 0 Å². The quantitative estimate of drug-likeness (QED) is 0.418. The number of hydrogen-bond donors (Lipinski definition) is 1. The third kappa shape index (κ3) is 7.66. The van der Waals surface area contributed by atoms with Crippen LogP contribution in [-0.4, -0.2) is 94.4 Å². The second-order valence-electron chi connectivity index (χ2n) is 6.75. The van der Waals surface area contributed by atoms with Gasteiger partial charge in [0.15, 0.2) is 11.5 Å². The number of rotatable bonds is 12. The Morgan fingerprint density at radius 1 is 1.25 bits per heavy atom. The lowest BCUT2D eigenvalue weighted by molar-refractivity contribution is 0.0136. The van der Waals surface area contributed by atoms with Gasteiger partial charge in [0.1, 0.15) is 6.61 Å². The van der Waals surface area contributed by atoms with E-state index in [1.807, 2.05) is 18.2 Å². The number of morpholine rings is 1. The van der Waals surface area contributed by atoms with E-state index in [9.17, 15) is 5.11 Å². The molecule has 0 radical (unpaired) electrons. The van der Waals surface area contributed by atoms with Gasteiger partial charge in [-0.25, -0.2) is 0 Å². The van der Waals surface area contributed by atoms with Crippen LogP contribution in [-0.2, 0) is 16.0 Å². The molecule has 1 unspecified atom stereocenters. The van der Waals surface area contributed by atoms with E-state index >= 15 is 0 Å². The summed E-state index contributed by atoms with van der Waals surface area (Å²) in [5.41, 5.74) is 1.09. The van der Waals surface area contributed by atoms with Gasteiger partial charge in [0, 0.05) is 39.3 Å². The first-order valence-electron chi connectivity index (χ1n) is 9.59. The van der Waals surface area contributed by atoms with Gasteiger partial charge in [-0.3, -0.25) is 9.80 Å². The molecular formula is C21H32N2O5. The molecule has 0 bridgehead atoms. The van der Waals surface area contributed by atoms with Crippen LogP contribution in [0.15, 0.2) is 18.2 Å². The maximum Gasteiger partial charge on any atom is 0.161 e. The van der Waals surface area contributed by atoms with E-state index in [0.717, 1.165) is 45.0 Å². The normalized spacial score (nSPS) is 16.0. The second-order valence-corrected chi connectivity index (χ2v) is 6.75. The zero-order valence-electron chi connectivity index (χ0n) is 16.9. The van der Waals surface area contributed by atoms with Crippen molar-refractivity contribution in [3.63, 3.8) is 0 Å². The summed E-state index contributed by atoms with van der Waals surface area (Å²) in [5, 5.41) is 10.3. The molecule has 0 aliphatic carbocycles. The summed E-state index contributed by atoms with van der Waals surface area (Å²) in [4.78, 5) is 4.60. The van der Waals surface area contributed by atoms with Crippen molar-refractivity contribution in [2.45, 2.75) is 12.6 Å². The highest BCUT2D eigenvalue weighted by molar-refractivity contribution is 5.42. The van der Waals surface area contributed by atoms with Gasteiger partial charge >= 0.3 is 0 Å². The molecule has 1 N–H and O–H groups in total. The molecule has 2 rings (SSSR count). The van der Waals surface area contributed by atoms with E-state index in [0.29, 0.717) is 24.6 Å². The highest BCUT2D eigenvalue weighted by Crippen LogP contribution is 2.28. The predicted octanol–water partition coefficient (Wildman–Crippen LogP) is 0.849. The Bertz CT molecular complexity index is 613. The summed E-state index contributed by atoms with van der Waals surface area (Å²) >= 11 is 0. The number of benzene rings is 1. The van der Waals surface area contributed by atoms with Crippen LogP contribution in [0.3, 0.4) is 0 Å². The van der Waals surface area contributed by atoms with Crippen molar-refractivity contribution in [1.82, 2.24) is 9.80 Å². The third-order valence-corrected chi connectivity index (χ3v) is 4.65. The molecule has 28 heavy (non-hydrogen) atoms. The Kier molecular flexibility index (Phi) is 10.1. The molecule has 0 spiro atoms. The molecule has 0 aromatic heterocycles. The SMILES string of the molecule is C#CCOCC(O)CN(CCN1CCOCC1)Cc1ccc(OC)c(OC)c1. The molecule has 1 heterocycles. The van der Waals surface area contributed by atoms with Crippen molar-refractivity contribution in [3.8, 4) is 23.8 Å². The summed E-state index contributed by atoms with van der Waals surface area (Å²) in [7, 11) is 3.25. The lowest BCUT2D eigenvalue weighted by atomic mass is 10.1. The summed E-state index contributed by atoms with van der Waals surface area (Å²) in [6.45, 7) is 6.83. The predicted molar refractivity (Wildman–Crippen MR) is 108 cm³/mol. The van der Waals surface area contributed by atoms with Crippen molar-refractivity contribution in [3.05, 3.63) is 23.8 Å². The summed E-state index contributed by atoms with van der Waals surface area (Å²) < 4.78 is 21.4. The maximum absolute atomic E-state index is 10.3. The molecule has 156 valence electrons. The zero-order valence-corrected chi connectivity index (χ0v) is 16.9. The summed E-state index contributed by atoms with van der Waals surface area (Å²) in [6, 6.07) is 5.90. The molecule has 1 saturated heterocycles. The molecular weight excluding hydrogens is 360 g/mol. The highest BCUT2D eigenvalue weighted by atomic mass is 16.5. The fourth-order valence-electron chi connectivity index (χ4n) is 3.18. The lowest BCUT2D eigenvalue weighted by Gasteiger charge is -2.31. The Morgan fingerprint density at radius 2 is 2.00 bits per heavy atom. The highest BCUT2D eigenvalue weighted by Gasteiger charge is 2.17. The topological polar surface area (TPSA) is 63.6 Å². The van der Waals surface area contributed by atoms with Crippen molar-refractivity contribution in [2.24, 2.45) is 0 Å². The Labute approximate surface area is 168 Å². The number of aliphatic hydroxyl groups excluding tert-OH is 1. The minimum Gasteiger partial charge on any atom is -0.493 e. The number of aliphatic hydroxyl groups is 1. The van der Waals surface area contributed by atoms with Gasteiger partial charge in [0.05, 0.1) is 40.1 Å². The van der Waals surface area contributed by atoms with Crippen LogP contribution in [0.4, 0.5) is 0 Å². The molecule has 1 atom stereocenters. The maximum atomic E-state index is 10.3. The van der Waals surface area contributed by atoms with Gasteiger partial charge in [-0.15, -0.1) is 6.42 Å². The van der Waals surface area contributed by atoms with E-state index in [4.69, 9.17) is 25.4 Å². The van der Waals surface area contributed by atoms with E-state index in [2.05, 4.69) is 15.7 Å². The number of nitrogens with zero attached hydrogens (tertiary/aromatic N) is 2. The fourth-order valence-corrected chi connectivity index (χ4v) is 3.18. The summed E-state index contributed by atoms with van der Waals surface area (Å²) in [5.74, 6) is 3.82. The molecule has 0 saturated carbocycles. The number of ether oxygens (including phenoxy) is 4. The Hall–Kier alpha value is -1.82. The molecule has 1 aromatic rings. The molecule has 1 aliphatic rings. The zero-order chi connectivity index (χ0) is 20.2. The monoisotopic (exact) mass is 392 g/mol. The van der Waals surface area contributed by atoms with Gasteiger partial charge < -0.3 is 24.1 Å². The smallest absolute Gasteiger partial charge is 0.161 e. The van der Waals surface area contributed by atoms with Crippen LogP contribution in [0.5, 0.6) is 11.5 Å². The summed E-state index contributed by atoms with van der Waals surface area (Å²) in [6.07, 6.45) is 4.60. The molecule has 0 amide bonds. The molecule has 1 aromatic carbocycles. The lowest BCUT2D eigenvalue weighted by Crippen LogP contribution is -2.43. The van der Waals surface area contributed by atoms with Gasteiger partial charge in [-0.2, -0.15) is 0 Å². The average molecular weight is 392 g/mol.